The van der Waals surface area contributed by atoms with Crippen molar-refractivity contribution in [2.75, 3.05) is 13.8 Å². The molecule has 1 rings (SSSR count). The Morgan fingerprint density at radius 1 is 1.58 bits per heavy atom. The van der Waals surface area contributed by atoms with E-state index in [9.17, 15) is 4.79 Å². The van der Waals surface area contributed by atoms with Gasteiger partial charge in [-0.25, -0.2) is 0 Å². The van der Waals surface area contributed by atoms with Crippen LogP contribution < -0.4 is 5.32 Å². The second-order valence-corrected chi connectivity index (χ2v) is 2.23. The summed E-state index contributed by atoms with van der Waals surface area (Å²) in [5.41, 5.74) is 0.616. The number of ether oxygens (including phenoxy) is 1. The lowest BCUT2D eigenvalue weighted by Gasteiger charge is -2.02. The van der Waals surface area contributed by atoms with Gasteiger partial charge in [-0.05, 0) is 18.2 Å². The topological polar surface area (TPSA) is 38.3 Å². The Kier molecular flexibility index (Phi) is 3.29. The van der Waals surface area contributed by atoms with Crippen molar-refractivity contribution in [2.24, 2.45) is 0 Å². The van der Waals surface area contributed by atoms with Crippen LogP contribution in [0, 0.1) is 6.07 Å². The van der Waals surface area contributed by atoms with E-state index in [4.69, 9.17) is 4.74 Å². The molecule has 0 saturated heterocycles. The van der Waals surface area contributed by atoms with E-state index in [1.807, 2.05) is 0 Å². The maximum Gasteiger partial charge on any atom is 0.253 e. The lowest BCUT2D eigenvalue weighted by atomic mass is 10.2. The zero-order valence-electron chi connectivity index (χ0n) is 6.83. The van der Waals surface area contributed by atoms with E-state index in [1.54, 1.807) is 24.3 Å². The largest absolute Gasteiger partial charge is 0.364 e. The quantitative estimate of drug-likeness (QED) is 0.672. The van der Waals surface area contributed by atoms with Crippen LogP contribution in [0.25, 0.3) is 0 Å². The molecule has 1 N–H and O–H groups in total. The van der Waals surface area contributed by atoms with Crippen molar-refractivity contribution in [3.8, 4) is 0 Å². The normalized spacial score (nSPS) is 9.42. The molecule has 1 aromatic carbocycles. The monoisotopic (exact) mass is 164 g/mol. The van der Waals surface area contributed by atoms with Gasteiger partial charge in [0, 0.05) is 12.7 Å². The predicted octanol–water partition coefficient (Wildman–Crippen LogP) is 0.820. The minimum atomic E-state index is -0.133. The van der Waals surface area contributed by atoms with E-state index in [-0.39, 0.29) is 12.6 Å². The minimum absolute atomic E-state index is 0.133. The molecule has 0 heterocycles. The van der Waals surface area contributed by atoms with Crippen molar-refractivity contribution in [1.29, 1.82) is 0 Å². The van der Waals surface area contributed by atoms with Crippen molar-refractivity contribution in [3.05, 3.63) is 35.9 Å². The fourth-order valence-electron chi connectivity index (χ4n) is 0.778. The minimum Gasteiger partial charge on any atom is -0.364 e. The molecule has 12 heavy (non-hydrogen) atoms. The van der Waals surface area contributed by atoms with Crippen molar-refractivity contribution in [1.82, 2.24) is 5.32 Å². The molecule has 0 aliphatic rings. The molecule has 0 atom stereocenters. The summed E-state index contributed by atoms with van der Waals surface area (Å²) < 4.78 is 4.69. The molecule has 63 valence electrons. The van der Waals surface area contributed by atoms with E-state index >= 15 is 0 Å². The number of nitrogens with one attached hydrogen (secondary N) is 1. The lowest BCUT2D eigenvalue weighted by Crippen LogP contribution is -2.25. The highest BCUT2D eigenvalue weighted by molar-refractivity contribution is 5.93. The second kappa shape index (κ2) is 4.51. The maximum absolute atomic E-state index is 11.2. The van der Waals surface area contributed by atoms with Crippen LogP contribution in [-0.4, -0.2) is 19.7 Å². The summed E-state index contributed by atoms with van der Waals surface area (Å²) in [6.07, 6.45) is 0. The summed E-state index contributed by atoms with van der Waals surface area (Å²) in [4.78, 5) is 11.2. The van der Waals surface area contributed by atoms with Crippen molar-refractivity contribution >= 4 is 5.91 Å². The lowest BCUT2D eigenvalue weighted by molar-refractivity contribution is 0.0872. The van der Waals surface area contributed by atoms with E-state index in [1.165, 1.54) is 7.11 Å². The highest BCUT2D eigenvalue weighted by atomic mass is 16.5. The van der Waals surface area contributed by atoms with Gasteiger partial charge < -0.3 is 10.1 Å². The Morgan fingerprint density at radius 2 is 2.25 bits per heavy atom. The molecule has 0 bridgehead atoms. The Bertz CT molecular complexity index is 246. The maximum atomic E-state index is 11.2. The van der Waals surface area contributed by atoms with E-state index in [0.29, 0.717) is 5.56 Å². The Balaban J connectivity index is 2.54. The Labute approximate surface area is 71.4 Å². The van der Waals surface area contributed by atoms with Crippen molar-refractivity contribution < 1.29 is 9.53 Å². The third-order valence-electron chi connectivity index (χ3n) is 1.36. The standard InChI is InChI=1S/C9H10NO2/c1-12-7-10-9(11)8-5-3-2-4-6-8/h3-6H,7H2,1H3,(H,10,11). The number of carbonyl (C=O) groups excluding carboxylic acids is 1. The molecule has 0 unspecified atom stereocenters. The Hall–Kier alpha value is -1.35. The molecule has 0 aliphatic carbocycles. The van der Waals surface area contributed by atoms with E-state index in [0.717, 1.165) is 0 Å². The molecule has 0 spiro atoms. The first kappa shape index (κ1) is 8.74. The van der Waals surface area contributed by atoms with Crippen molar-refractivity contribution in [3.63, 3.8) is 0 Å². The SMILES string of the molecule is COCNC(=O)c1cc[c]cc1. The van der Waals surface area contributed by atoms with Gasteiger partial charge in [0.2, 0.25) is 0 Å². The summed E-state index contributed by atoms with van der Waals surface area (Å²) in [5.74, 6) is -0.133. The molecular formula is C9H10NO2. The van der Waals surface area contributed by atoms with E-state index < -0.39 is 0 Å². The first-order chi connectivity index (χ1) is 5.84. The molecule has 1 aromatic rings. The van der Waals surface area contributed by atoms with Gasteiger partial charge in [-0.2, -0.15) is 0 Å². The van der Waals surface area contributed by atoms with Crippen LogP contribution in [0.1, 0.15) is 10.4 Å². The third-order valence-corrected chi connectivity index (χ3v) is 1.36. The third kappa shape index (κ3) is 2.36. The molecule has 3 nitrogen and oxygen atoms in total. The molecule has 1 amide bonds. The smallest absolute Gasteiger partial charge is 0.253 e. The predicted molar refractivity (Wildman–Crippen MR) is 44.6 cm³/mol. The van der Waals surface area contributed by atoms with Gasteiger partial charge in [-0.1, -0.05) is 12.1 Å². The molecule has 0 saturated carbocycles. The average molecular weight is 164 g/mol. The number of benzene rings is 1. The second-order valence-electron chi connectivity index (χ2n) is 2.23. The highest BCUT2D eigenvalue weighted by Crippen LogP contribution is 1.96. The number of amides is 1. The number of hydrogen-bond donors (Lipinski definition) is 1. The van der Waals surface area contributed by atoms with Crippen LogP contribution >= 0.6 is 0 Å². The first-order valence-corrected chi connectivity index (χ1v) is 3.58. The average Bonchev–Trinajstić information content (AvgIpc) is 2.15. The van der Waals surface area contributed by atoms with Gasteiger partial charge in [-0.15, -0.1) is 0 Å². The Morgan fingerprint density at radius 3 is 2.83 bits per heavy atom. The van der Waals surface area contributed by atoms with Gasteiger partial charge in [0.1, 0.15) is 6.73 Å². The molecule has 1 radical (unpaired) electrons. The zero-order chi connectivity index (χ0) is 8.81. The van der Waals surface area contributed by atoms with Crippen LogP contribution in [0.2, 0.25) is 0 Å². The number of rotatable bonds is 3. The van der Waals surface area contributed by atoms with Crippen LogP contribution in [-0.2, 0) is 4.74 Å². The van der Waals surface area contributed by atoms with Gasteiger partial charge in [0.25, 0.3) is 5.91 Å². The van der Waals surface area contributed by atoms with E-state index in [2.05, 4.69) is 11.4 Å². The van der Waals surface area contributed by atoms with Gasteiger partial charge in [0.15, 0.2) is 0 Å². The summed E-state index contributed by atoms with van der Waals surface area (Å²) in [6.45, 7) is 0.234. The number of hydrogen-bond acceptors (Lipinski definition) is 2. The number of methoxy groups -OCH3 is 1. The van der Waals surface area contributed by atoms with Gasteiger partial charge >= 0.3 is 0 Å². The molecule has 0 aromatic heterocycles. The molecule has 0 fully saturated rings. The number of carbonyl (C=O) groups is 1. The summed E-state index contributed by atoms with van der Waals surface area (Å²) >= 11 is 0. The van der Waals surface area contributed by atoms with Crippen LogP contribution in [0.5, 0.6) is 0 Å². The highest BCUT2D eigenvalue weighted by Gasteiger charge is 2.01. The van der Waals surface area contributed by atoms with Crippen molar-refractivity contribution in [2.45, 2.75) is 0 Å². The van der Waals surface area contributed by atoms with Crippen LogP contribution in [0.15, 0.2) is 24.3 Å². The fourth-order valence-corrected chi connectivity index (χ4v) is 0.778. The zero-order valence-corrected chi connectivity index (χ0v) is 6.83. The summed E-state index contributed by atoms with van der Waals surface area (Å²) in [6, 6.07) is 9.62. The summed E-state index contributed by atoms with van der Waals surface area (Å²) in [5, 5.41) is 2.57. The fraction of sp³-hybridized carbons (Fsp3) is 0.222. The van der Waals surface area contributed by atoms with Gasteiger partial charge in [0.05, 0.1) is 0 Å². The van der Waals surface area contributed by atoms with Crippen LogP contribution in [0.4, 0.5) is 0 Å². The molecule has 3 heteroatoms. The molecule has 0 aliphatic heterocycles. The molecular weight excluding hydrogens is 154 g/mol. The van der Waals surface area contributed by atoms with Crippen LogP contribution in [0.3, 0.4) is 0 Å². The van der Waals surface area contributed by atoms with Gasteiger partial charge in [-0.3, -0.25) is 4.79 Å². The first-order valence-electron chi connectivity index (χ1n) is 3.58. The summed E-state index contributed by atoms with van der Waals surface area (Å²) in [7, 11) is 1.53.